The summed E-state index contributed by atoms with van der Waals surface area (Å²) in [5.74, 6) is 0. The van der Waals surface area contributed by atoms with Gasteiger partial charge in [-0.1, -0.05) is 44.7 Å². The quantitative estimate of drug-likeness (QED) is 0.435. The monoisotopic (exact) mass is 314 g/mol. The van der Waals surface area contributed by atoms with Gasteiger partial charge >= 0.3 is 0 Å². The molecule has 0 bridgehead atoms. The summed E-state index contributed by atoms with van der Waals surface area (Å²) < 4.78 is 5.50. The fraction of sp³-hybridized carbons (Fsp3) is 1.00. The van der Waals surface area contributed by atoms with Crippen molar-refractivity contribution in [3.8, 4) is 0 Å². The van der Waals surface area contributed by atoms with Crippen LogP contribution in [0.1, 0.15) is 38.5 Å². The Balaban J connectivity index is 2.76. The first-order chi connectivity index (χ1) is 6.41. The predicted octanol–water partition coefficient (Wildman–Crippen LogP) is 4.13. The van der Waals surface area contributed by atoms with Crippen molar-refractivity contribution in [2.75, 3.05) is 23.9 Å². The van der Waals surface area contributed by atoms with Gasteiger partial charge < -0.3 is 4.74 Å². The van der Waals surface area contributed by atoms with E-state index >= 15 is 0 Å². The van der Waals surface area contributed by atoms with Crippen molar-refractivity contribution >= 4 is 31.9 Å². The normalized spacial score (nSPS) is 10.6. The molecule has 1 nitrogen and oxygen atoms in total. The van der Waals surface area contributed by atoms with Gasteiger partial charge in [0.1, 0.15) is 0 Å². The highest BCUT2D eigenvalue weighted by Crippen LogP contribution is 2.01. The van der Waals surface area contributed by atoms with Crippen LogP contribution in [0.25, 0.3) is 0 Å². The lowest BCUT2D eigenvalue weighted by atomic mass is 10.2. The van der Waals surface area contributed by atoms with Crippen molar-refractivity contribution in [3.63, 3.8) is 0 Å². The molecule has 0 N–H and O–H groups in total. The van der Waals surface area contributed by atoms with Crippen LogP contribution < -0.4 is 0 Å². The summed E-state index contributed by atoms with van der Waals surface area (Å²) in [6, 6.07) is 0. The highest BCUT2D eigenvalue weighted by molar-refractivity contribution is 9.09. The van der Waals surface area contributed by atoms with Crippen molar-refractivity contribution in [2.24, 2.45) is 0 Å². The van der Waals surface area contributed by atoms with Crippen LogP contribution in [-0.2, 0) is 4.74 Å². The van der Waals surface area contributed by atoms with Crippen molar-refractivity contribution in [1.29, 1.82) is 0 Å². The molecule has 0 unspecified atom stereocenters. The van der Waals surface area contributed by atoms with E-state index in [0.29, 0.717) is 0 Å². The summed E-state index contributed by atoms with van der Waals surface area (Å²) >= 11 is 6.83. The standard InChI is InChI=1S/C10H20Br2O/c11-7-3-1-5-9-13-10-6-2-4-8-12/h1-10H2. The lowest BCUT2D eigenvalue weighted by Gasteiger charge is -2.02. The molecule has 0 fully saturated rings. The second kappa shape index (κ2) is 12.9. The third-order valence-electron chi connectivity index (χ3n) is 1.84. The number of ether oxygens (including phenoxy) is 1. The first kappa shape index (κ1) is 13.9. The number of alkyl halides is 2. The first-order valence-electron chi connectivity index (χ1n) is 5.11. The number of rotatable bonds is 10. The minimum Gasteiger partial charge on any atom is -0.381 e. The Bertz CT molecular complexity index is 79.0. The van der Waals surface area contributed by atoms with Gasteiger partial charge in [-0.05, 0) is 25.7 Å². The molecule has 0 aliphatic rings. The number of hydrogen-bond donors (Lipinski definition) is 0. The molecule has 80 valence electrons. The molecular formula is C10H20Br2O. The molecule has 3 heteroatoms. The molecule has 0 amide bonds. The maximum absolute atomic E-state index is 5.50. The molecule has 0 aromatic rings. The SMILES string of the molecule is BrCCCCCOCCCCCBr. The van der Waals surface area contributed by atoms with Gasteiger partial charge in [-0.15, -0.1) is 0 Å². The molecule has 0 rings (SSSR count). The van der Waals surface area contributed by atoms with E-state index in [9.17, 15) is 0 Å². The van der Waals surface area contributed by atoms with Crippen LogP contribution in [0.4, 0.5) is 0 Å². The molecule has 0 aromatic carbocycles. The number of halogens is 2. The van der Waals surface area contributed by atoms with Crippen molar-refractivity contribution in [3.05, 3.63) is 0 Å². The molecule has 0 saturated heterocycles. The van der Waals surface area contributed by atoms with Gasteiger partial charge in [0.2, 0.25) is 0 Å². The van der Waals surface area contributed by atoms with E-state index in [4.69, 9.17) is 4.74 Å². The summed E-state index contributed by atoms with van der Waals surface area (Å²) in [4.78, 5) is 0. The highest BCUT2D eigenvalue weighted by Gasteiger charge is 1.90. The Morgan fingerprint density at radius 3 is 1.46 bits per heavy atom. The van der Waals surface area contributed by atoms with Gasteiger partial charge in [0.25, 0.3) is 0 Å². The van der Waals surface area contributed by atoms with Crippen LogP contribution in [-0.4, -0.2) is 23.9 Å². The maximum atomic E-state index is 5.50. The Kier molecular flexibility index (Phi) is 13.8. The molecule has 0 heterocycles. The van der Waals surface area contributed by atoms with E-state index in [1.165, 1.54) is 38.5 Å². The van der Waals surface area contributed by atoms with Crippen molar-refractivity contribution in [1.82, 2.24) is 0 Å². The largest absolute Gasteiger partial charge is 0.381 e. The molecule has 0 atom stereocenters. The highest BCUT2D eigenvalue weighted by atomic mass is 79.9. The Labute approximate surface area is 98.9 Å². The zero-order valence-corrected chi connectivity index (χ0v) is 11.4. The topological polar surface area (TPSA) is 9.23 Å². The summed E-state index contributed by atoms with van der Waals surface area (Å²) in [5, 5.41) is 2.25. The van der Waals surface area contributed by atoms with E-state index in [2.05, 4.69) is 31.9 Å². The van der Waals surface area contributed by atoms with Crippen LogP contribution in [0.15, 0.2) is 0 Å². The summed E-state index contributed by atoms with van der Waals surface area (Å²) in [7, 11) is 0. The third-order valence-corrected chi connectivity index (χ3v) is 2.97. The van der Waals surface area contributed by atoms with Gasteiger partial charge in [-0.2, -0.15) is 0 Å². The lowest BCUT2D eigenvalue weighted by Crippen LogP contribution is -1.97. The van der Waals surface area contributed by atoms with Gasteiger partial charge in [-0.25, -0.2) is 0 Å². The molecule has 13 heavy (non-hydrogen) atoms. The average molecular weight is 316 g/mol. The first-order valence-corrected chi connectivity index (χ1v) is 7.35. The minimum atomic E-state index is 0.946. The van der Waals surface area contributed by atoms with Crippen LogP contribution in [0, 0.1) is 0 Å². The fourth-order valence-corrected chi connectivity index (χ4v) is 1.85. The zero-order valence-electron chi connectivity index (χ0n) is 8.24. The molecule has 0 aliphatic carbocycles. The Morgan fingerprint density at radius 2 is 1.08 bits per heavy atom. The molecule has 0 spiro atoms. The van der Waals surface area contributed by atoms with Gasteiger partial charge in [0, 0.05) is 23.9 Å². The molecule has 0 saturated carbocycles. The second-order valence-corrected chi connectivity index (χ2v) is 4.70. The Morgan fingerprint density at radius 1 is 0.615 bits per heavy atom. The molecule has 0 aliphatic heterocycles. The van der Waals surface area contributed by atoms with Gasteiger partial charge in [0.15, 0.2) is 0 Å². The van der Waals surface area contributed by atoms with Crippen molar-refractivity contribution < 1.29 is 4.74 Å². The fourth-order valence-electron chi connectivity index (χ4n) is 1.05. The Hall–Kier alpha value is 0.920. The summed E-state index contributed by atoms with van der Waals surface area (Å²) in [6.07, 6.45) is 7.54. The molecular weight excluding hydrogens is 296 g/mol. The van der Waals surface area contributed by atoms with E-state index in [1.807, 2.05) is 0 Å². The molecule has 0 aromatic heterocycles. The maximum Gasteiger partial charge on any atom is 0.0466 e. The lowest BCUT2D eigenvalue weighted by molar-refractivity contribution is 0.126. The predicted molar refractivity (Wildman–Crippen MR) is 66.1 cm³/mol. The van der Waals surface area contributed by atoms with E-state index in [1.54, 1.807) is 0 Å². The number of unbranched alkanes of at least 4 members (excludes halogenated alkanes) is 4. The van der Waals surface area contributed by atoms with Gasteiger partial charge in [-0.3, -0.25) is 0 Å². The van der Waals surface area contributed by atoms with E-state index < -0.39 is 0 Å². The smallest absolute Gasteiger partial charge is 0.0466 e. The number of hydrogen-bond acceptors (Lipinski definition) is 1. The van der Waals surface area contributed by atoms with Crippen LogP contribution in [0.2, 0.25) is 0 Å². The second-order valence-electron chi connectivity index (χ2n) is 3.11. The van der Waals surface area contributed by atoms with Crippen LogP contribution in [0.3, 0.4) is 0 Å². The average Bonchev–Trinajstić information content (AvgIpc) is 2.16. The van der Waals surface area contributed by atoms with Crippen LogP contribution >= 0.6 is 31.9 Å². The van der Waals surface area contributed by atoms with E-state index in [0.717, 1.165) is 23.9 Å². The van der Waals surface area contributed by atoms with E-state index in [-0.39, 0.29) is 0 Å². The van der Waals surface area contributed by atoms with Gasteiger partial charge in [0.05, 0.1) is 0 Å². The van der Waals surface area contributed by atoms with Crippen LogP contribution in [0.5, 0.6) is 0 Å². The summed E-state index contributed by atoms with van der Waals surface area (Å²) in [6.45, 7) is 1.89. The minimum absolute atomic E-state index is 0.946. The third kappa shape index (κ3) is 12.9. The zero-order chi connectivity index (χ0) is 9.78. The molecule has 0 radical (unpaired) electrons. The van der Waals surface area contributed by atoms with Crippen molar-refractivity contribution in [2.45, 2.75) is 38.5 Å². The summed E-state index contributed by atoms with van der Waals surface area (Å²) in [5.41, 5.74) is 0.